The maximum Gasteiger partial charge on any atom is 0.315 e. The molecular formula is C17H25N5O2. The highest BCUT2D eigenvalue weighted by Crippen LogP contribution is 2.17. The van der Waals surface area contributed by atoms with Crippen molar-refractivity contribution in [3.63, 3.8) is 0 Å². The van der Waals surface area contributed by atoms with Gasteiger partial charge in [0.15, 0.2) is 0 Å². The Morgan fingerprint density at radius 3 is 2.62 bits per heavy atom. The van der Waals surface area contributed by atoms with Gasteiger partial charge in [-0.2, -0.15) is 5.10 Å². The lowest BCUT2D eigenvalue weighted by molar-refractivity contribution is 0.199. The second kappa shape index (κ2) is 7.92. The highest BCUT2D eigenvalue weighted by molar-refractivity contribution is 5.75. The zero-order valence-electron chi connectivity index (χ0n) is 14.4. The van der Waals surface area contributed by atoms with E-state index in [0.717, 1.165) is 17.7 Å². The van der Waals surface area contributed by atoms with Gasteiger partial charge in [0, 0.05) is 12.1 Å². The highest BCUT2D eigenvalue weighted by Gasteiger charge is 2.24. The molecule has 130 valence electrons. The molecule has 2 rings (SSSR count). The lowest BCUT2D eigenvalue weighted by Crippen LogP contribution is -2.50. The Morgan fingerprint density at radius 1 is 1.38 bits per heavy atom. The van der Waals surface area contributed by atoms with Gasteiger partial charge in [-0.15, -0.1) is 0 Å². The number of amides is 2. The number of aliphatic hydroxyl groups is 1. The molecule has 0 aliphatic rings. The van der Waals surface area contributed by atoms with E-state index in [2.05, 4.69) is 20.7 Å². The van der Waals surface area contributed by atoms with Gasteiger partial charge in [-0.1, -0.05) is 19.1 Å². The van der Waals surface area contributed by atoms with Crippen molar-refractivity contribution in [2.45, 2.75) is 45.2 Å². The van der Waals surface area contributed by atoms with Gasteiger partial charge in [0.1, 0.15) is 12.7 Å². The Bertz CT molecular complexity index is 642. The third kappa shape index (κ3) is 4.55. The minimum Gasteiger partial charge on any atom is -0.396 e. The summed E-state index contributed by atoms with van der Waals surface area (Å²) in [5, 5.41) is 19.1. The van der Waals surface area contributed by atoms with Gasteiger partial charge in [0.05, 0.1) is 11.7 Å². The first-order valence-electron chi connectivity index (χ1n) is 8.12. The largest absolute Gasteiger partial charge is 0.396 e. The fraction of sp³-hybridized carbons (Fsp3) is 0.471. The van der Waals surface area contributed by atoms with E-state index in [4.69, 9.17) is 5.11 Å². The van der Waals surface area contributed by atoms with Crippen molar-refractivity contribution < 1.29 is 9.90 Å². The molecule has 2 aromatic rings. The average Bonchev–Trinajstić information content (AvgIpc) is 3.09. The molecule has 1 aromatic carbocycles. The topological polar surface area (TPSA) is 92.1 Å². The van der Waals surface area contributed by atoms with Gasteiger partial charge >= 0.3 is 6.03 Å². The van der Waals surface area contributed by atoms with Gasteiger partial charge in [-0.05, 0) is 44.4 Å². The summed E-state index contributed by atoms with van der Waals surface area (Å²) in [6.07, 6.45) is 4.40. The monoisotopic (exact) mass is 331 g/mol. The third-order valence-electron chi connectivity index (χ3n) is 4.28. The fourth-order valence-corrected chi connectivity index (χ4v) is 2.42. The van der Waals surface area contributed by atoms with Crippen molar-refractivity contribution in [1.29, 1.82) is 0 Å². The number of urea groups is 1. The molecule has 7 nitrogen and oxygen atoms in total. The number of aliphatic hydroxyl groups excluding tert-OH is 1. The van der Waals surface area contributed by atoms with E-state index >= 15 is 0 Å². The van der Waals surface area contributed by atoms with Crippen LogP contribution in [0.25, 0.3) is 5.69 Å². The van der Waals surface area contributed by atoms with Crippen LogP contribution in [0.3, 0.4) is 0 Å². The Hall–Kier alpha value is -2.41. The van der Waals surface area contributed by atoms with Crippen LogP contribution in [0.2, 0.25) is 0 Å². The first kappa shape index (κ1) is 17.9. The van der Waals surface area contributed by atoms with E-state index in [0.29, 0.717) is 6.42 Å². The SMILES string of the molecule is CCC(C)(CCO)NC(=O)NC(C)c1ccc(-n2cncn2)cc1. The van der Waals surface area contributed by atoms with Crippen LogP contribution in [-0.4, -0.2) is 38.0 Å². The maximum atomic E-state index is 12.2. The molecule has 24 heavy (non-hydrogen) atoms. The predicted octanol–water partition coefficient (Wildman–Crippen LogP) is 2.18. The van der Waals surface area contributed by atoms with Gasteiger partial charge in [0.25, 0.3) is 0 Å². The quantitative estimate of drug-likeness (QED) is 0.725. The van der Waals surface area contributed by atoms with Gasteiger partial charge < -0.3 is 15.7 Å². The fourth-order valence-electron chi connectivity index (χ4n) is 2.42. The van der Waals surface area contributed by atoms with Crippen LogP contribution in [0, 0.1) is 0 Å². The number of rotatable bonds is 7. The second-order valence-electron chi connectivity index (χ2n) is 6.14. The smallest absolute Gasteiger partial charge is 0.315 e. The summed E-state index contributed by atoms with van der Waals surface area (Å²) in [5.74, 6) is 0. The zero-order valence-corrected chi connectivity index (χ0v) is 14.4. The van der Waals surface area contributed by atoms with Crippen LogP contribution in [0.15, 0.2) is 36.9 Å². The van der Waals surface area contributed by atoms with Crippen LogP contribution in [0.1, 0.15) is 45.2 Å². The molecule has 0 saturated carbocycles. The Balaban J connectivity index is 1.96. The lowest BCUT2D eigenvalue weighted by atomic mass is 9.95. The molecule has 0 fully saturated rings. The van der Waals surface area contributed by atoms with E-state index in [1.807, 2.05) is 45.0 Å². The molecule has 2 amide bonds. The van der Waals surface area contributed by atoms with Crippen molar-refractivity contribution in [3.05, 3.63) is 42.5 Å². The van der Waals surface area contributed by atoms with E-state index < -0.39 is 5.54 Å². The number of aromatic nitrogens is 3. The summed E-state index contributed by atoms with van der Waals surface area (Å²) < 4.78 is 1.68. The molecule has 0 aliphatic carbocycles. The third-order valence-corrected chi connectivity index (χ3v) is 4.28. The van der Waals surface area contributed by atoms with E-state index in [9.17, 15) is 4.79 Å². The van der Waals surface area contributed by atoms with E-state index in [1.165, 1.54) is 6.33 Å². The molecule has 1 heterocycles. The first-order valence-corrected chi connectivity index (χ1v) is 8.12. The molecule has 0 saturated heterocycles. The van der Waals surface area contributed by atoms with Crippen molar-refractivity contribution in [1.82, 2.24) is 25.4 Å². The summed E-state index contributed by atoms with van der Waals surface area (Å²) in [4.78, 5) is 16.1. The molecule has 0 bridgehead atoms. The van der Waals surface area contributed by atoms with Crippen LogP contribution in [-0.2, 0) is 0 Å². The van der Waals surface area contributed by atoms with Crippen LogP contribution >= 0.6 is 0 Å². The normalized spacial score (nSPS) is 14.7. The van der Waals surface area contributed by atoms with Gasteiger partial charge in [-0.3, -0.25) is 0 Å². The molecule has 0 radical (unpaired) electrons. The van der Waals surface area contributed by atoms with E-state index in [-0.39, 0.29) is 18.7 Å². The van der Waals surface area contributed by atoms with E-state index in [1.54, 1.807) is 11.0 Å². The summed E-state index contributed by atoms with van der Waals surface area (Å²) >= 11 is 0. The maximum absolute atomic E-state index is 12.2. The Labute approximate surface area is 142 Å². The standard InChI is InChI=1S/C17H25N5O2/c1-4-17(3,9-10-23)21-16(24)20-13(2)14-5-7-15(8-6-14)22-12-18-11-19-22/h5-8,11-13,23H,4,9-10H2,1-3H3,(H2,20,21,24). The number of carbonyl (C=O) groups excluding carboxylic acids is 1. The van der Waals surface area contributed by atoms with Crippen LogP contribution in [0.5, 0.6) is 0 Å². The van der Waals surface area contributed by atoms with Crippen molar-refractivity contribution in [2.75, 3.05) is 6.61 Å². The van der Waals surface area contributed by atoms with Gasteiger partial charge in [-0.25, -0.2) is 14.5 Å². The summed E-state index contributed by atoms with van der Waals surface area (Å²) in [6.45, 7) is 5.89. The minimum atomic E-state index is -0.407. The molecule has 0 spiro atoms. The second-order valence-corrected chi connectivity index (χ2v) is 6.14. The lowest BCUT2D eigenvalue weighted by Gasteiger charge is -2.30. The minimum absolute atomic E-state index is 0.0456. The summed E-state index contributed by atoms with van der Waals surface area (Å²) in [6, 6.07) is 7.40. The van der Waals surface area contributed by atoms with Crippen LogP contribution in [0.4, 0.5) is 4.79 Å². The number of carbonyl (C=O) groups is 1. The number of nitrogens with one attached hydrogen (secondary N) is 2. The van der Waals surface area contributed by atoms with Gasteiger partial charge in [0.2, 0.25) is 0 Å². The number of nitrogens with zero attached hydrogens (tertiary/aromatic N) is 3. The average molecular weight is 331 g/mol. The summed E-state index contributed by atoms with van der Waals surface area (Å²) in [5.41, 5.74) is 1.50. The summed E-state index contributed by atoms with van der Waals surface area (Å²) in [7, 11) is 0. The Kier molecular flexibility index (Phi) is 5.92. The highest BCUT2D eigenvalue weighted by atomic mass is 16.3. The molecule has 7 heteroatoms. The first-order chi connectivity index (χ1) is 11.5. The predicted molar refractivity (Wildman–Crippen MR) is 91.8 cm³/mol. The number of hydrogen-bond acceptors (Lipinski definition) is 4. The molecule has 0 aliphatic heterocycles. The van der Waals surface area contributed by atoms with Crippen molar-refractivity contribution in [3.8, 4) is 5.69 Å². The Morgan fingerprint density at radius 2 is 2.08 bits per heavy atom. The number of hydrogen-bond donors (Lipinski definition) is 3. The zero-order chi connectivity index (χ0) is 17.6. The van der Waals surface area contributed by atoms with Crippen molar-refractivity contribution in [2.24, 2.45) is 0 Å². The molecular weight excluding hydrogens is 306 g/mol. The molecule has 2 unspecified atom stereocenters. The molecule has 3 N–H and O–H groups in total. The van der Waals surface area contributed by atoms with Crippen molar-refractivity contribution >= 4 is 6.03 Å². The molecule has 2 atom stereocenters. The number of benzene rings is 1. The molecule has 1 aromatic heterocycles. The van der Waals surface area contributed by atoms with Crippen LogP contribution < -0.4 is 10.6 Å².